The Labute approximate surface area is 124 Å². The third kappa shape index (κ3) is 7.31. The number of ether oxygens (including phenoxy) is 1. The fraction of sp³-hybridized carbons (Fsp3) is 0.467. The minimum absolute atomic E-state index is 0.256. The highest BCUT2D eigenvalue weighted by Gasteiger charge is 2.20. The molecule has 1 atom stereocenters. The maximum absolute atomic E-state index is 11.7. The smallest absolute Gasteiger partial charge is 0.408 e. The molecule has 0 saturated heterocycles. The fourth-order valence-electron chi connectivity index (χ4n) is 1.40. The number of amides is 2. The monoisotopic (exact) mass is 294 g/mol. The normalized spacial score (nSPS) is 12.4. The molecule has 2 amide bonds. The number of hydroxylamine groups is 1. The molecule has 0 bridgehead atoms. The topological polar surface area (TPSA) is 76.7 Å². The quantitative estimate of drug-likeness (QED) is 0.816. The van der Waals surface area contributed by atoms with Crippen molar-refractivity contribution in [3.05, 3.63) is 35.9 Å². The van der Waals surface area contributed by atoms with E-state index in [1.54, 1.807) is 27.7 Å². The molecule has 21 heavy (non-hydrogen) atoms. The van der Waals surface area contributed by atoms with E-state index in [1.165, 1.54) is 0 Å². The molecule has 0 unspecified atom stereocenters. The average molecular weight is 294 g/mol. The molecule has 6 heteroatoms. The predicted octanol–water partition coefficient (Wildman–Crippen LogP) is 2.15. The number of hydrogen-bond acceptors (Lipinski definition) is 4. The van der Waals surface area contributed by atoms with Gasteiger partial charge in [-0.15, -0.1) is 0 Å². The Morgan fingerprint density at radius 1 is 1.19 bits per heavy atom. The van der Waals surface area contributed by atoms with Gasteiger partial charge in [-0.1, -0.05) is 30.3 Å². The Kier molecular flexibility index (Phi) is 6.17. The standard InChI is InChI=1S/C15H22N2O4/c1-11(16-14(19)21-15(2,3)4)13(18)17-20-10-12-8-6-5-7-9-12/h5-9,11H,10H2,1-4H3,(H,16,19)(H,17,18)/t11-/m0/s1. The van der Waals surface area contributed by atoms with E-state index in [9.17, 15) is 9.59 Å². The maximum atomic E-state index is 11.7. The average Bonchev–Trinajstić information content (AvgIpc) is 2.37. The van der Waals surface area contributed by atoms with E-state index in [-0.39, 0.29) is 6.61 Å². The van der Waals surface area contributed by atoms with Gasteiger partial charge in [0.15, 0.2) is 0 Å². The first-order valence-corrected chi connectivity index (χ1v) is 6.73. The van der Waals surface area contributed by atoms with Gasteiger partial charge in [-0.2, -0.15) is 0 Å². The molecule has 0 aromatic heterocycles. The molecule has 0 spiro atoms. The van der Waals surface area contributed by atoms with Crippen LogP contribution in [-0.2, 0) is 21.0 Å². The van der Waals surface area contributed by atoms with Crippen LogP contribution in [0.4, 0.5) is 4.79 Å². The molecular weight excluding hydrogens is 272 g/mol. The van der Waals surface area contributed by atoms with E-state index < -0.39 is 23.6 Å². The SMILES string of the molecule is C[C@H](NC(=O)OC(C)(C)C)C(=O)NOCc1ccccc1. The van der Waals surface area contributed by atoms with Crippen LogP contribution in [0.15, 0.2) is 30.3 Å². The molecule has 0 aliphatic heterocycles. The van der Waals surface area contributed by atoms with Crippen molar-refractivity contribution in [2.24, 2.45) is 0 Å². The highest BCUT2D eigenvalue weighted by atomic mass is 16.7. The minimum Gasteiger partial charge on any atom is -0.444 e. The summed E-state index contributed by atoms with van der Waals surface area (Å²) in [6.07, 6.45) is -0.645. The van der Waals surface area contributed by atoms with Gasteiger partial charge in [0, 0.05) is 0 Å². The Bertz CT molecular complexity index is 468. The number of carbonyl (C=O) groups excluding carboxylic acids is 2. The fourth-order valence-corrected chi connectivity index (χ4v) is 1.40. The summed E-state index contributed by atoms with van der Waals surface area (Å²) in [6.45, 7) is 7.05. The first-order valence-electron chi connectivity index (χ1n) is 6.73. The molecule has 0 radical (unpaired) electrons. The van der Waals surface area contributed by atoms with Crippen molar-refractivity contribution in [3.63, 3.8) is 0 Å². The molecule has 1 rings (SSSR count). The molecule has 2 N–H and O–H groups in total. The lowest BCUT2D eigenvalue weighted by Crippen LogP contribution is -2.46. The number of carbonyl (C=O) groups is 2. The van der Waals surface area contributed by atoms with Crippen molar-refractivity contribution in [1.29, 1.82) is 0 Å². The van der Waals surface area contributed by atoms with Crippen LogP contribution in [0.3, 0.4) is 0 Å². The summed E-state index contributed by atoms with van der Waals surface area (Å²) in [5, 5.41) is 2.43. The number of rotatable bonds is 5. The third-order valence-electron chi connectivity index (χ3n) is 2.38. The van der Waals surface area contributed by atoms with Gasteiger partial charge in [0.1, 0.15) is 11.6 Å². The summed E-state index contributed by atoms with van der Waals surface area (Å²) >= 11 is 0. The van der Waals surface area contributed by atoms with Crippen LogP contribution >= 0.6 is 0 Å². The lowest BCUT2D eigenvalue weighted by Gasteiger charge is -2.21. The number of benzene rings is 1. The van der Waals surface area contributed by atoms with Gasteiger partial charge in [-0.3, -0.25) is 9.63 Å². The largest absolute Gasteiger partial charge is 0.444 e. The first-order chi connectivity index (χ1) is 9.78. The molecule has 1 aromatic rings. The molecule has 0 aliphatic carbocycles. The second-order valence-electron chi connectivity index (χ2n) is 5.61. The van der Waals surface area contributed by atoms with Gasteiger partial charge in [0.2, 0.25) is 0 Å². The van der Waals surface area contributed by atoms with Crippen molar-refractivity contribution in [2.45, 2.75) is 45.9 Å². The van der Waals surface area contributed by atoms with Gasteiger partial charge in [-0.25, -0.2) is 10.3 Å². The van der Waals surface area contributed by atoms with E-state index in [1.807, 2.05) is 30.3 Å². The van der Waals surface area contributed by atoms with Gasteiger partial charge < -0.3 is 10.1 Å². The highest BCUT2D eigenvalue weighted by molar-refractivity contribution is 5.84. The lowest BCUT2D eigenvalue weighted by molar-refractivity contribution is -0.136. The lowest BCUT2D eigenvalue weighted by atomic mass is 10.2. The van der Waals surface area contributed by atoms with Gasteiger partial charge >= 0.3 is 6.09 Å². The molecule has 116 valence electrons. The van der Waals surface area contributed by atoms with E-state index in [2.05, 4.69) is 10.8 Å². The molecule has 1 aromatic carbocycles. The zero-order chi connectivity index (χ0) is 15.9. The van der Waals surface area contributed by atoms with Gasteiger partial charge in [0.25, 0.3) is 5.91 Å². The van der Waals surface area contributed by atoms with Gasteiger partial charge in [-0.05, 0) is 33.3 Å². The number of alkyl carbamates (subject to hydrolysis) is 1. The van der Waals surface area contributed by atoms with Crippen LogP contribution in [0.1, 0.15) is 33.3 Å². The van der Waals surface area contributed by atoms with Crippen molar-refractivity contribution in [3.8, 4) is 0 Å². The van der Waals surface area contributed by atoms with Crippen LogP contribution in [-0.4, -0.2) is 23.6 Å². The summed E-state index contributed by atoms with van der Waals surface area (Å²) in [4.78, 5) is 28.3. The highest BCUT2D eigenvalue weighted by Crippen LogP contribution is 2.06. The molecule has 0 saturated carbocycles. The second kappa shape index (κ2) is 7.64. The van der Waals surface area contributed by atoms with Crippen molar-refractivity contribution < 1.29 is 19.2 Å². The summed E-state index contributed by atoms with van der Waals surface area (Å²) in [7, 11) is 0. The van der Waals surface area contributed by atoms with E-state index in [0.29, 0.717) is 0 Å². The van der Waals surface area contributed by atoms with E-state index in [0.717, 1.165) is 5.56 Å². The Balaban J connectivity index is 2.29. The molecule has 6 nitrogen and oxygen atoms in total. The molecule has 0 heterocycles. The molecule has 0 fully saturated rings. The van der Waals surface area contributed by atoms with Crippen LogP contribution < -0.4 is 10.8 Å². The first kappa shape index (κ1) is 17.0. The van der Waals surface area contributed by atoms with Crippen LogP contribution in [0.5, 0.6) is 0 Å². The summed E-state index contributed by atoms with van der Waals surface area (Å²) in [5.74, 6) is -0.447. The van der Waals surface area contributed by atoms with Crippen molar-refractivity contribution >= 4 is 12.0 Å². The van der Waals surface area contributed by atoms with Crippen LogP contribution in [0, 0.1) is 0 Å². The van der Waals surface area contributed by atoms with Gasteiger partial charge in [0.05, 0.1) is 6.61 Å². The molecular formula is C15H22N2O4. The number of nitrogens with one attached hydrogen (secondary N) is 2. The maximum Gasteiger partial charge on any atom is 0.408 e. The summed E-state index contributed by atoms with van der Waals surface area (Å²) in [5.41, 5.74) is 2.62. The minimum atomic E-state index is -0.754. The summed E-state index contributed by atoms with van der Waals surface area (Å²) < 4.78 is 5.06. The Morgan fingerprint density at radius 2 is 1.81 bits per heavy atom. The zero-order valence-electron chi connectivity index (χ0n) is 12.8. The molecule has 0 aliphatic rings. The predicted molar refractivity (Wildman–Crippen MR) is 78.2 cm³/mol. The summed E-state index contributed by atoms with van der Waals surface area (Å²) in [6, 6.07) is 8.67. The zero-order valence-corrected chi connectivity index (χ0v) is 12.8. The van der Waals surface area contributed by atoms with E-state index in [4.69, 9.17) is 9.57 Å². The van der Waals surface area contributed by atoms with Crippen molar-refractivity contribution in [1.82, 2.24) is 10.8 Å². The van der Waals surface area contributed by atoms with Crippen LogP contribution in [0.25, 0.3) is 0 Å². The van der Waals surface area contributed by atoms with Crippen molar-refractivity contribution in [2.75, 3.05) is 0 Å². The van der Waals surface area contributed by atoms with Crippen LogP contribution in [0.2, 0.25) is 0 Å². The van der Waals surface area contributed by atoms with E-state index >= 15 is 0 Å². The number of hydrogen-bond donors (Lipinski definition) is 2. The second-order valence-corrected chi connectivity index (χ2v) is 5.61. The Morgan fingerprint density at radius 3 is 2.38 bits per heavy atom. The third-order valence-corrected chi connectivity index (χ3v) is 2.38. The Hall–Kier alpha value is -2.08.